The highest BCUT2D eigenvalue weighted by atomic mass is 16.6. The molecule has 4 nitrogen and oxygen atoms in total. The zero-order valence-corrected chi connectivity index (χ0v) is 15.2. The van der Waals surface area contributed by atoms with E-state index in [1.54, 1.807) is 0 Å². The first-order valence-electron chi connectivity index (χ1n) is 8.98. The first kappa shape index (κ1) is 19.7. The molecule has 0 aromatic heterocycles. The minimum atomic E-state index is -0.528. The van der Waals surface area contributed by atoms with Crippen LogP contribution in [0.1, 0.15) is 66.7 Å². The number of ether oxygens (including phenoxy) is 2. The molecular formula is C19H32O4. The van der Waals surface area contributed by atoms with Crippen molar-refractivity contribution in [3.8, 4) is 0 Å². The summed E-state index contributed by atoms with van der Waals surface area (Å²) in [5, 5.41) is 0. The molecule has 0 saturated heterocycles. The molecule has 0 heterocycles. The molecule has 0 amide bonds. The van der Waals surface area contributed by atoms with Crippen molar-refractivity contribution in [2.75, 3.05) is 0 Å². The van der Waals surface area contributed by atoms with Gasteiger partial charge in [0.2, 0.25) is 0 Å². The van der Waals surface area contributed by atoms with Crippen LogP contribution in [0.4, 0.5) is 0 Å². The second kappa shape index (κ2) is 9.74. The molecule has 0 spiro atoms. The van der Waals surface area contributed by atoms with Crippen LogP contribution in [0.3, 0.4) is 0 Å². The van der Waals surface area contributed by atoms with Crippen LogP contribution in [0, 0.1) is 17.8 Å². The molecule has 1 aliphatic carbocycles. The molecule has 1 aliphatic rings. The molecule has 23 heavy (non-hydrogen) atoms. The zero-order chi connectivity index (χ0) is 17.4. The third-order valence-corrected chi connectivity index (χ3v) is 4.42. The van der Waals surface area contributed by atoms with Crippen molar-refractivity contribution in [3.05, 3.63) is 12.2 Å². The average molecular weight is 324 g/mol. The quantitative estimate of drug-likeness (QED) is 0.494. The van der Waals surface area contributed by atoms with E-state index in [1.807, 2.05) is 32.9 Å². The highest BCUT2D eigenvalue weighted by Gasteiger charge is 2.40. The minimum absolute atomic E-state index is 0.0837. The van der Waals surface area contributed by atoms with E-state index in [0.717, 1.165) is 32.1 Å². The summed E-state index contributed by atoms with van der Waals surface area (Å²) in [4.78, 5) is 25.0. The molecule has 0 N–H and O–H groups in total. The smallest absolute Gasteiger partial charge is 0.313 e. The van der Waals surface area contributed by atoms with Crippen LogP contribution in [0.5, 0.6) is 0 Å². The van der Waals surface area contributed by atoms with Gasteiger partial charge < -0.3 is 9.47 Å². The number of carbonyl (C=O) groups excluding carboxylic acids is 2. The largest absolute Gasteiger partial charge is 0.462 e. The van der Waals surface area contributed by atoms with Crippen molar-refractivity contribution in [2.45, 2.75) is 78.9 Å². The summed E-state index contributed by atoms with van der Waals surface area (Å²) < 4.78 is 11.1. The Morgan fingerprint density at radius 2 is 1.57 bits per heavy atom. The maximum atomic E-state index is 12.6. The maximum Gasteiger partial charge on any atom is 0.313 e. The van der Waals surface area contributed by atoms with Gasteiger partial charge in [0.1, 0.15) is 0 Å². The summed E-state index contributed by atoms with van der Waals surface area (Å²) in [6, 6.07) is 0. The number of hydrogen-bond acceptors (Lipinski definition) is 4. The van der Waals surface area contributed by atoms with Crippen LogP contribution in [-0.2, 0) is 19.1 Å². The van der Waals surface area contributed by atoms with Crippen LogP contribution in [0.15, 0.2) is 12.2 Å². The second-order valence-corrected chi connectivity index (χ2v) is 6.77. The fourth-order valence-corrected chi connectivity index (χ4v) is 3.15. The molecule has 0 fully saturated rings. The molecule has 5 unspecified atom stereocenters. The highest BCUT2D eigenvalue weighted by Crippen LogP contribution is 2.33. The Balaban J connectivity index is 2.78. The van der Waals surface area contributed by atoms with E-state index in [0.29, 0.717) is 0 Å². The van der Waals surface area contributed by atoms with Gasteiger partial charge in [-0.15, -0.1) is 0 Å². The molecule has 1 rings (SSSR count). The topological polar surface area (TPSA) is 52.6 Å². The van der Waals surface area contributed by atoms with E-state index >= 15 is 0 Å². The first-order valence-corrected chi connectivity index (χ1v) is 8.98. The van der Waals surface area contributed by atoms with Gasteiger partial charge in [-0.05, 0) is 39.0 Å². The van der Waals surface area contributed by atoms with E-state index in [1.165, 1.54) is 0 Å². The lowest BCUT2D eigenvalue weighted by Crippen LogP contribution is -2.39. The van der Waals surface area contributed by atoms with Gasteiger partial charge in [0.25, 0.3) is 0 Å². The minimum Gasteiger partial charge on any atom is -0.462 e. The van der Waals surface area contributed by atoms with Gasteiger partial charge in [-0.2, -0.15) is 0 Å². The number of carbonyl (C=O) groups is 2. The van der Waals surface area contributed by atoms with Crippen molar-refractivity contribution in [3.63, 3.8) is 0 Å². The molecule has 0 radical (unpaired) electrons. The standard InChI is InChI=1S/C19H32O4/c1-6-9-14(4)22-18(20)16-12-8-11-13(3)17(16)19(21)23-15(5)10-7-2/h8,12-17H,6-7,9-11H2,1-5H3. The molecule has 0 aromatic rings. The fourth-order valence-electron chi connectivity index (χ4n) is 3.15. The molecular weight excluding hydrogens is 292 g/mol. The number of rotatable bonds is 8. The summed E-state index contributed by atoms with van der Waals surface area (Å²) in [5.41, 5.74) is 0. The number of hydrogen-bond donors (Lipinski definition) is 0. The van der Waals surface area contributed by atoms with Gasteiger partial charge in [0, 0.05) is 0 Å². The predicted octanol–water partition coefficient (Wildman–Crippen LogP) is 4.28. The normalized spacial score (nSPS) is 26.4. The first-order chi connectivity index (χ1) is 10.9. The number of esters is 2. The van der Waals surface area contributed by atoms with Crippen molar-refractivity contribution in [1.29, 1.82) is 0 Å². The van der Waals surface area contributed by atoms with E-state index in [-0.39, 0.29) is 30.1 Å². The van der Waals surface area contributed by atoms with E-state index in [4.69, 9.17) is 9.47 Å². The predicted molar refractivity (Wildman–Crippen MR) is 90.8 cm³/mol. The number of allylic oxidation sites excluding steroid dienone is 1. The Labute approximate surface area is 140 Å². The third-order valence-electron chi connectivity index (χ3n) is 4.42. The Hall–Kier alpha value is -1.32. The zero-order valence-electron chi connectivity index (χ0n) is 15.2. The van der Waals surface area contributed by atoms with Gasteiger partial charge in [-0.1, -0.05) is 45.8 Å². The Morgan fingerprint density at radius 3 is 2.09 bits per heavy atom. The Morgan fingerprint density at radius 1 is 1.04 bits per heavy atom. The SMILES string of the molecule is CCCC(C)OC(=O)C1C=CCC(C)C1C(=O)OC(C)CCC. The van der Waals surface area contributed by atoms with Crippen molar-refractivity contribution >= 4 is 11.9 Å². The lowest BCUT2D eigenvalue weighted by atomic mass is 9.76. The van der Waals surface area contributed by atoms with Crippen LogP contribution >= 0.6 is 0 Å². The summed E-state index contributed by atoms with van der Waals surface area (Å²) in [6.45, 7) is 9.92. The maximum absolute atomic E-state index is 12.6. The molecule has 0 aliphatic heterocycles. The molecule has 0 saturated carbocycles. The summed E-state index contributed by atoms with van der Waals surface area (Å²) in [5.74, 6) is -1.47. The van der Waals surface area contributed by atoms with Gasteiger partial charge >= 0.3 is 11.9 Å². The van der Waals surface area contributed by atoms with Crippen LogP contribution < -0.4 is 0 Å². The van der Waals surface area contributed by atoms with E-state index in [2.05, 4.69) is 13.8 Å². The lowest BCUT2D eigenvalue weighted by Gasteiger charge is -2.31. The van der Waals surface area contributed by atoms with Gasteiger partial charge in [-0.25, -0.2) is 0 Å². The van der Waals surface area contributed by atoms with Gasteiger partial charge in [0.15, 0.2) is 0 Å². The average Bonchev–Trinajstić information content (AvgIpc) is 2.46. The van der Waals surface area contributed by atoms with Gasteiger partial charge in [0.05, 0.1) is 24.0 Å². The Bertz CT molecular complexity index is 416. The summed E-state index contributed by atoms with van der Waals surface area (Å²) in [6.07, 6.45) is 7.95. The van der Waals surface area contributed by atoms with Crippen LogP contribution in [0.25, 0.3) is 0 Å². The van der Waals surface area contributed by atoms with Crippen LogP contribution in [0.2, 0.25) is 0 Å². The summed E-state index contributed by atoms with van der Waals surface area (Å²) >= 11 is 0. The van der Waals surface area contributed by atoms with Gasteiger partial charge in [-0.3, -0.25) is 9.59 Å². The highest BCUT2D eigenvalue weighted by molar-refractivity contribution is 5.84. The van der Waals surface area contributed by atoms with Crippen molar-refractivity contribution in [2.24, 2.45) is 17.8 Å². The van der Waals surface area contributed by atoms with Crippen molar-refractivity contribution < 1.29 is 19.1 Å². The van der Waals surface area contributed by atoms with Crippen LogP contribution in [-0.4, -0.2) is 24.1 Å². The lowest BCUT2D eigenvalue weighted by molar-refractivity contribution is -0.166. The van der Waals surface area contributed by atoms with E-state index < -0.39 is 11.8 Å². The summed E-state index contributed by atoms with van der Waals surface area (Å²) in [7, 11) is 0. The fraction of sp³-hybridized carbons (Fsp3) is 0.789. The molecule has 132 valence electrons. The monoisotopic (exact) mass is 324 g/mol. The third kappa shape index (κ3) is 6.00. The van der Waals surface area contributed by atoms with Crippen molar-refractivity contribution in [1.82, 2.24) is 0 Å². The Kier molecular flexibility index (Phi) is 8.35. The molecule has 5 atom stereocenters. The van der Waals surface area contributed by atoms with E-state index in [9.17, 15) is 9.59 Å². The molecule has 0 bridgehead atoms. The molecule has 4 heteroatoms. The molecule has 0 aromatic carbocycles. The second-order valence-electron chi connectivity index (χ2n) is 6.77.